The van der Waals surface area contributed by atoms with Gasteiger partial charge in [-0.05, 0) is 24.6 Å². The van der Waals surface area contributed by atoms with Gasteiger partial charge in [0.25, 0.3) is 0 Å². The molecule has 0 fully saturated rings. The first-order valence-electron chi connectivity index (χ1n) is 9.26. The molecule has 0 radical (unpaired) electrons. The molecule has 5 heteroatoms. The van der Waals surface area contributed by atoms with Crippen molar-refractivity contribution >= 4 is 5.78 Å². The van der Waals surface area contributed by atoms with E-state index >= 15 is 0 Å². The molecule has 142 valence electrons. The van der Waals surface area contributed by atoms with Crippen LogP contribution in [0.2, 0.25) is 0 Å². The SMILES string of the molecule is CCCCOCc1cc(C(=O)CC)ccc1OCC(O)CNC(C)C. The summed E-state index contributed by atoms with van der Waals surface area (Å²) in [5.74, 6) is 0.760. The van der Waals surface area contributed by atoms with Crippen molar-refractivity contribution in [1.82, 2.24) is 5.32 Å². The molecular weight excluding hydrogens is 318 g/mol. The van der Waals surface area contributed by atoms with Crippen LogP contribution in [0.1, 0.15) is 62.9 Å². The zero-order valence-corrected chi connectivity index (χ0v) is 16.0. The number of ketones is 1. The fourth-order valence-electron chi connectivity index (χ4n) is 2.26. The van der Waals surface area contributed by atoms with Crippen LogP contribution in [0.15, 0.2) is 18.2 Å². The van der Waals surface area contributed by atoms with E-state index in [1.165, 1.54) is 0 Å². The standard InChI is InChI=1S/C20H33NO4/c1-5-7-10-24-13-17-11-16(19(23)6-2)8-9-20(17)25-14-18(22)12-21-15(3)4/h8-9,11,15,18,21-22H,5-7,10,12-14H2,1-4H3. The number of unbranched alkanes of at least 4 members (excludes halogenated alkanes) is 1. The zero-order chi connectivity index (χ0) is 18.7. The largest absolute Gasteiger partial charge is 0.490 e. The monoisotopic (exact) mass is 351 g/mol. The summed E-state index contributed by atoms with van der Waals surface area (Å²) in [5, 5.41) is 13.2. The molecule has 2 N–H and O–H groups in total. The fraction of sp³-hybridized carbons (Fsp3) is 0.650. The fourth-order valence-corrected chi connectivity index (χ4v) is 2.26. The lowest BCUT2D eigenvalue weighted by atomic mass is 10.1. The van der Waals surface area contributed by atoms with Crippen LogP contribution in [0, 0.1) is 0 Å². The molecule has 1 atom stereocenters. The number of aliphatic hydroxyl groups is 1. The Labute approximate surface area is 151 Å². The van der Waals surface area contributed by atoms with Crippen LogP contribution in [0.3, 0.4) is 0 Å². The molecule has 25 heavy (non-hydrogen) atoms. The highest BCUT2D eigenvalue weighted by Gasteiger charge is 2.12. The molecule has 0 heterocycles. The molecule has 0 aliphatic rings. The highest BCUT2D eigenvalue weighted by molar-refractivity contribution is 5.96. The third kappa shape index (κ3) is 8.47. The smallest absolute Gasteiger partial charge is 0.162 e. The Bertz CT molecular complexity index is 516. The Morgan fingerprint density at radius 3 is 2.68 bits per heavy atom. The van der Waals surface area contributed by atoms with E-state index in [4.69, 9.17) is 9.47 Å². The van der Waals surface area contributed by atoms with Gasteiger partial charge in [-0.2, -0.15) is 0 Å². The predicted molar refractivity (Wildman–Crippen MR) is 100 cm³/mol. The van der Waals surface area contributed by atoms with Crippen molar-refractivity contribution in [2.24, 2.45) is 0 Å². The van der Waals surface area contributed by atoms with Gasteiger partial charge >= 0.3 is 0 Å². The van der Waals surface area contributed by atoms with E-state index in [2.05, 4.69) is 12.2 Å². The summed E-state index contributed by atoms with van der Waals surface area (Å²) < 4.78 is 11.5. The van der Waals surface area contributed by atoms with E-state index in [-0.39, 0.29) is 12.4 Å². The molecule has 0 aliphatic carbocycles. The van der Waals surface area contributed by atoms with Crippen LogP contribution in [-0.4, -0.2) is 42.8 Å². The number of hydrogen-bond donors (Lipinski definition) is 2. The summed E-state index contributed by atoms with van der Waals surface area (Å²) in [5.41, 5.74) is 1.52. The number of ether oxygens (including phenoxy) is 2. The van der Waals surface area contributed by atoms with Gasteiger partial charge in [0.2, 0.25) is 0 Å². The van der Waals surface area contributed by atoms with E-state index < -0.39 is 6.10 Å². The van der Waals surface area contributed by atoms with Gasteiger partial charge in [0, 0.05) is 36.7 Å². The van der Waals surface area contributed by atoms with Crippen LogP contribution < -0.4 is 10.1 Å². The van der Waals surface area contributed by atoms with Crippen molar-refractivity contribution in [3.8, 4) is 5.75 Å². The summed E-state index contributed by atoms with van der Waals surface area (Å²) in [6.07, 6.45) is 1.96. The maximum atomic E-state index is 11.9. The summed E-state index contributed by atoms with van der Waals surface area (Å²) >= 11 is 0. The Kier molecular flexibility index (Phi) is 10.4. The van der Waals surface area contributed by atoms with Crippen LogP contribution in [0.5, 0.6) is 5.75 Å². The average Bonchev–Trinajstić information content (AvgIpc) is 2.61. The topological polar surface area (TPSA) is 67.8 Å². The van der Waals surface area contributed by atoms with Crippen molar-refractivity contribution in [2.75, 3.05) is 19.8 Å². The first-order valence-corrected chi connectivity index (χ1v) is 9.26. The van der Waals surface area contributed by atoms with Gasteiger partial charge in [-0.15, -0.1) is 0 Å². The molecule has 1 aromatic carbocycles. The van der Waals surface area contributed by atoms with Gasteiger partial charge in [-0.25, -0.2) is 0 Å². The number of aliphatic hydroxyl groups excluding tert-OH is 1. The zero-order valence-electron chi connectivity index (χ0n) is 16.0. The number of nitrogens with one attached hydrogen (secondary N) is 1. The first-order chi connectivity index (χ1) is 12.0. The third-order valence-electron chi connectivity index (χ3n) is 3.80. The second-order valence-corrected chi connectivity index (χ2v) is 6.53. The summed E-state index contributed by atoms with van der Waals surface area (Å²) in [6.45, 7) is 9.79. The predicted octanol–water partition coefficient (Wildman–Crippen LogP) is 3.33. The normalized spacial score (nSPS) is 12.4. The van der Waals surface area contributed by atoms with Crippen LogP contribution in [0.25, 0.3) is 0 Å². The van der Waals surface area contributed by atoms with E-state index in [9.17, 15) is 9.90 Å². The minimum Gasteiger partial charge on any atom is -0.490 e. The van der Waals surface area contributed by atoms with Crippen molar-refractivity contribution in [3.63, 3.8) is 0 Å². The van der Waals surface area contributed by atoms with Crippen molar-refractivity contribution < 1.29 is 19.4 Å². The lowest BCUT2D eigenvalue weighted by Crippen LogP contribution is -2.35. The molecular formula is C20H33NO4. The second kappa shape index (κ2) is 12.0. The van der Waals surface area contributed by atoms with Crippen LogP contribution in [-0.2, 0) is 11.3 Å². The Morgan fingerprint density at radius 1 is 1.28 bits per heavy atom. The molecule has 0 bridgehead atoms. The molecule has 0 spiro atoms. The van der Waals surface area contributed by atoms with Gasteiger partial charge in [0.1, 0.15) is 18.5 Å². The van der Waals surface area contributed by atoms with Gasteiger partial charge in [-0.3, -0.25) is 4.79 Å². The maximum absolute atomic E-state index is 11.9. The third-order valence-corrected chi connectivity index (χ3v) is 3.80. The molecule has 1 unspecified atom stereocenters. The maximum Gasteiger partial charge on any atom is 0.162 e. The molecule has 5 nitrogen and oxygen atoms in total. The van der Waals surface area contributed by atoms with Crippen molar-refractivity contribution in [1.29, 1.82) is 0 Å². The Hall–Kier alpha value is -1.43. The molecule has 1 rings (SSSR count). The summed E-state index contributed by atoms with van der Waals surface area (Å²) in [7, 11) is 0. The minimum absolute atomic E-state index is 0.0996. The molecule has 0 aromatic heterocycles. The van der Waals surface area contributed by atoms with Gasteiger partial charge in [0.15, 0.2) is 5.78 Å². The number of hydrogen-bond acceptors (Lipinski definition) is 5. The van der Waals surface area contributed by atoms with Crippen LogP contribution in [0.4, 0.5) is 0 Å². The molecule has 0 aliphatic heterocycles. The van der Waals surface area contributed by atoms with Gasteiger partial charge in [-0.1, -0.05) is 34.1 Å². The summed E-state index contributed by atoms with van der Waals surface area (Å²) in [6, 6.07) is 5.72. The average molecular weight is 351 g/mol. The van der Waals surface area contributed by atoms with Gasteiger partial charge in [0.05, 0.1) is 6.61 Å². The minimum atomic E-state index is -0.590. The van der Waals surface area contributed by atoms with E-state index in [0.29, 0.717) is 43.5 Å². The van der Waals surface area contributed by atoms with Gasteiger partial charge < -0.3 is 19.9 Å². The number of rotatable bonds is 13. The number of carbonyl (C=O) groups is 1. The van der Waals surface area contributed by atoms with E-state index in [1.807, 2.05) is 26.8 Å². The van der Waals surface area contributed by atoms with E-state index in [1.54, 1.807) is 12.1 Å². The molecule has 0 saturated carbocycles. The number of carbonyl (C=O) groups excluding carboxylic acids is 1. The van der Waals surface area contributed by atoms with E-state index in [0.717, 1.165) is 18.4 Å². The highest BCUT2D eigenvalue weighted by Crippen LogP contribution is 2.22. The second-order valence-electron chi connectivity index (χ2n) is 6.53. The van der Waals surface area contributed by atoms with Crippen molar-refractivity contribution in [2.45, 2.75) is 65.7 Å². The number of Topliss-reactive ketones (excluding diaryl/α,β-unsaturated/α-hetero) is 1. The Balaban J connectivity index is 2.72. The first kappa shape index (κ1) is 21.6. The highest BCUT2D eigenvalue weighted by atomic mass is 16.5. The number of benzene rings is 1. The Morgan fingerprint density at radius 2 is 2.04 bits per heavy atom. The molecule has 0 saturated heterocycles. The molecule has 1 aromatic rings. The lowest BCUT2D eigenvalue weighted by molar-refractivity contribution is 0.0954. The molecule has 0 amide bonds. The van der Waals surface area contributed by atoms with Crippen molar-refractivity contribution in [3.05, 3.63) is 29.3 Å². The lowest BCUT2D eigenvalue weighted by Gasteiger charge is -2.17. The summed E-state index contributed by atoms with van der Waals surface area (Å²) in [4.78, 5) is 11.9. The quantitative estimate of drug-likeness (QED) is 0.421. The van der Waals surface area contributed by atoms with Crippen LogP contribution >= 0.6 is 0 Å².